The molecule has 0 bridgehead atoms. The number of rotatable bonds is 6. The molecule has 0 atom stereocenters. The summed E-state index contributed by atoms with van der Waals surface area (Å²) in [7, 11) is 1.62. The molecule has 9 nitrogen and oxygen atoms in total. The number of carbonyl (C=O) groups is 2. The molecule has 0 unspecified atom stereocenters. The third kappa shape index (κ3) is 4.90. The van der Waals surface area contributed by atoms with Gasteiger partial charge in [0.15, 0.2) is 5.13 Å². The fourth-order valence-electron chi connectivity index (χ4n) is 4.45. The van der Waals surface area contributed by atoms with Crippen molar-refractivity contribution in [2.24, 2.45) is 0 Å². The number of fused-ring (bicyclic) bond motifs is 1. The van der Waals surface area contributed by atoms with Crippen LogP contribution < -0.4 is 15.0 Å². The normalized spacial score (nSPS) is 13.8. The molecule has 0 spiro atoms. The standard InChI is InChI=1S/C26H28N6O3S/c1-17-14-18(2)32(29-17)16-24(33)31-12-10-30(11-13-31)22-7-5-4-6-20(22)25(34)28-26-27-21-9-8-19(35-3)15-23(21)36-26/h4-9,14-15H,10-13,16H2,1-3H3,(H,27,28,34). The predicted molar refractivity (Wildman–Crippen MR) is 141 cm³/mol. The molecule has 1 saturated heterocycles. The van der Waals surface area contributed by atoms with E-state index in [1.54, 1.807) is 11.8 Å². The van der Waals surface area contributed by atoms with E-state index in [0.29, 0.717) is 36.9 Å². The topological polar surface area (TPSA) is 92.6 Å². The lowest BCUT2D eigenvalue weighted by molar-refractivity contribution is -0.132. The number of aryl methyl sites for hydroxylation is 2. The molecule has 2 aromatic carbocycles. The maximum atomic E-state index is 13.2. The van der Waals surface area contributed by atoms with Gasteiger partial charge in [-0.25, -0.2) is 4.98 Å². The first-order valence-electron chi connectivity index (χ1n) is 11.8. The third-order valence-corrected chi connectivity index (χ3v) is 7.26. The summed E-state index contributed by atoms with van der Waals surface area (Å²) in [5.41, 5.74) is 4.13. The first-order chi connectivity index (χ1) is 17.4. The summed E-state index contributed by atoms with van der Waals surface area (Å²) >= 11 is 1.41. The molecule has 3 heterocycles. The highest BCUT2D eigenvalue weighted by Crippen LogP contribution is 2.30. The first-order valence-corrected chi connectivity index (χ1v) is 12.6. The van der Waals surface area contributed by atoms with Gasteiger partial charge in [-0.05, 0) is 50.2 Å². The Labute approximate surface area is 213 Å². The summed E-state index contributed by atoms with van der Waals surface area (Å²) in [5.74, 6) is 0.598. The number of para-hydroxylation sites is 1. The smallest absolute Gasteiger partial charge is 0.259 e. The SMILES string of the molecule is COc1ccc2nc(NC(=O)c3ccccc3N3CCN(C(=O)Cn4nc(C)cc4C)CC3)sc2c1. The highest BCUT2D eigenvalue weighted by Gasteiger charge is 2.25. The molecule has 1 N–H and O–H groups in total. The van der Waals surface area contributed by atoms with Crippen molar-refractivity contribution in [2.75, 3.05) is 43.5 Å². The van der Waals surface area contributed by atoms with E-state index in [1.165, 1.54) is 11.3 Å². The predicted octanol–water partition coefficient (Wildman–Crippen LogP) is 3.72. The lowest BCUT2D eigenvalue weighted by Crippen LogP contribution is -2.50. The number of benzene rings is 2. The van der Waals surface area contributed by atoms with Gasteiger partial charge in [0.1, 0.15) is 12.3 Å². The minimum absolute atomic E-state index is 0.0549. The van der Waals surface area contributed by atoms with E-state index < -0.39 is 0 Å². The van der Waals surface area contributed by atoms with E-state index in [2.05, 4.69) is 20.3 Å². The van der Waals surface area contributed by atoms with Crippen molar-refractivity contribution in [3.8, 4) is 5.75 Å². The second-order valence-electron chi connectivity index (χ2n) is 8.78. The second kappa shape index (κ2) is 9.98. The highest BCUT2D eigenvalue weighted by atomic mass is 32.1. The zero-order chi connectivity index (χ0) is 25.2. The van der Waals surface area contributed by atoms with Gasteiger partial charge in [0.05, 0.1) is 28.6 Å². The van der Waals surface area contributed by atoms with Gasteiger partial charge in [-0.1, -0.05) is 23.5 Å². The minimum Gasteiger partial charge on any atom is -0.497 e. The van der Waals surface area contributed by atoms with E-state index in [1.807, 2.05) is 67.3 Å². The van der Waals surface area contributed by atoms with E-state index in [-0.39, 0.29) is 18.4 Å². The van der Waals surface area contributed by atoms with Crippen LogP contribution in [0.2, 0.25) is 0 Å². The Kier molecular flexibility index (Phi) is 6.60. The number of hydrogen-bond donors (Lipinski definition) is 1. The molecule has 0 aliphatic carbocycles. The molecule has 2 aromatic heterocycles. The Morgan fingerprint density at radius 1 is 1.06 bits per heavy atom. The molecule has 36 heavy (non-hydrogen) atoms. The average molecular weight is 505 g/mol. The van der Waals surface area contributed by atoms with Crippen molar-refractivity contribution in [1.29, 1.82) is 0 Å². The lowest BCUT2D eigenvalue weighted by atomic mass is 10.1. The largest absolute Gasteiger partial charge is 0.497 e. The van der Waals surface area contributed by atoms with Crippen molar-refractivity contribution in [3.05, 3.63) is 65.5 Å². The average Bonchev–Trinajstić information content (AvgIpc) is 3.44. The molecular weight excluding hydrogens is 476 g/mol. The first kappa shape index (κ1) is 23.8. The van der Waals surface area contributed by atoms with E-state index in [0.717, 1.165) is 33.0 Å². The van der Waals surface area contributed by atoms with Crippen LogP contribution in [0.25, 0.3) is 10.2 Å². The molecule has 1 aliphatic heterocycles. The van der Waals surface area contributed by atoms with Crippen LogP contribution in [0.15, 0.2) is 48.5 Å². The summed E-state index contributed by atoms with van der Waals surface area (Å²) in [6.45, 7) is 6.60. The van der Waals surface area contributed by atoms with Gasteiger partial charge in [-0.2, -0.15) is 5.10 Å². The summed E-state index contributed by atoms with van der Waals surface area (Å²) < 4.78 is 7.98. The molecule has 1 aliphatic rings. The van der Waals surface area contributed by atoms with Gasteiger partial charge in [0.25, 0.3) is 5.91 Å². The summed E-state index contributed by atoms with van der Waals surface area (Å²) in [4.78, 5) is 34.6. The second-order valence-corrected chi connectivity index (χ2v) is 9.81. The molecule has 4 aromatic rings. The van der Waals surface area contributed by atoms with Crippen LogP contribution in [0, 0.1) is 13.8 Å². The van der Waals surface area contributed by atoms with E-state index in [9.17, 15) is 9.59 Å². The summed E-state index contributed by atoms with van der Waals surface area (Å²) in [6.07, 6.45) is 0. The number of nitrogens with zero attached hydrogens (tertiary/aromatic N) is 5. The third-order valence-electron chi connectivity index (χ3n) is 6.33. The Bertz CT molecular complexity index is 1420. The molecule has 5 rings (SSSR count). The number of thiazole rings is 1. The Hall–Kier alpha value is -3.92. The van der Waals surface area contributed by atoms with Gasteiger partial charge >= 0.3 is 0 Å². The van der Waals surface area contributed by atoms with Crippen LogP contribution in [-0.4, -0.2) is 64.8 Å². The molecule has 0 saturated carbocycles. The summed E-state index contributed by atoms with van der Waals surface area (Å²) in [6, 6.07) is 15.2. The van der Waals surface area contributed by atoms with Gasteiger partial charge in [0, 0.05) is 37.6 Å². The number of hydrogen-bond acceptors (Lipinski definition) is 7. The van der Waals surface area contributed by atoms with Crippen molar-refractivity contribution >= 4 is 44.2 Å². The highest BCUT2D eigenvalue weighted by molar-refractivity contribution is 7.22. The molecule has 1 fully saturated rings. The Morgan fingerprint density at radius 3 is 2.56 bits per heavy atom. The fraction of sp³-hybridized carbons (Fsp3) is 0.308. The quantitative estimate of drug-likeness (QED) is 0.430. The lowest BCUT2D eigenvalue weighted by Gasteiger charge is -2.36. The Balaban J connectivity index is 1.25. The molecule has 0 radical (unpaired) electrons. The molecular formula is C26H28N6O3S. The number of ether oxygens (including phenoxy) is 1. The number of amides is 2. The van der Waals surface area contributed by atoms with Crippen LogP contribution in [0.1, 0.15) is 21.7 Å². The van der Waals surface area contributed by atoms with Crippen molar-refractivity contribution in [3.63, 3.8) is 0 Å². The number of carbonyl (C=O) groups excluding carboxylic acids is 2. The number of piperazine rings is 1. The zero-order valence-corrected chi connectivity index (χ0v) is 21.3. The van der Waals surface area contributed by atoms with Crippen molar-refractivity contribution < 1.29 is 14.3 Å². The number of aromatic nitrogens is 3. The van der Waals surface area contributed by atoms with Crippen LogP contribution in [0.4, 0.5) is 10.8 Å². The van der Waals surface area contributed by atoms with Crippen LogP contribution >= 0.6 is 11.3 Å². The summed E-state index contributed by atoms with van der Waals surface area (Å²) in [5, 5.41) is 7.89. The maximum Gasteiger partial charge on any atom is 0.259 e. The monoisotopic (exact) mass is 504 g/mol. The van der Waals surface area contributed by atoms with Gasteiger partial charge in [0.2, 0.25) is 5.91 Å². The maximum absolute atomic E-state index is 13.2. The minimum atomic E-state index is -0.209. The number of methoxy groups -OCH3 is 1. The van der Waals surface area contributed by atoms with Crippen LogP contribution in [-0.2, 0) is 11.3 Å². The van der Waals surface area contributed by atoms with Crippen LogP contribution in [0.3, 0.4) is 0 Å². The molecule has 186 valence electrons. The van der Waals surface area contributed by atoms with Crippen molar-refractivity contribution in [1.82, 2.24) is 19.7 Å². The molecule has 10 heteroatoms. The molecule has 2 amide bonds. The van der Waals surface area contributed by atoms with Crippen LogP contribution in [0.5, 0.6) is 5.75 Å². The van der Waals surface area contributed by atoms with Crippen molar-refractivity contribution in [2.45, 2.75) is 20.4 Å². The Morgan fingerprint density at radius 2 is 1.83 bits per heavy atom. The van der Waals surface area contributed by atoms with Gasteiger partial charge in [-0.15, -0.1) is 0 Å². The number of nitrogens with one attached hydrogen (secondary N) is 1. The van der Waals surface area contributed by atoms with Gasteiger partial charge in [-0.3, -0.25) is 19.6 Å². The number of anilines is 2. The van der Waals surface area contributed by atoms with E-state index >= 15 is 0 Å². The fourth-order valence-corrected chi connectivity index (χ4v) is 5.34. The van der Waals surface area contributed by atoms with Gasteiger partial charge < -0.3 is 14.5 Å². The van der Waals surface area contributed by atoms with E-state index in [4.69, 9.17) is 4.74 Å². The zero-order valence-electron chi connectivity index (χ0n) is 20.5.